The van der Waals surface area contributed by atoms with Crippen LogP contribution in [-0.2, 0) is 4.79 Å². The van der Waals surface area contributed by atoms with Crippen molar-refractivity contribution in [3.63, 3.8) is 0 Å². The number of carbonyl (C=O) groups excluding carboxylic acids is 2. The van der Waals surface area contributed by atoms with Crippen LogP contribution in [0.2, 0.25) is 0 Å². The van der Waals surface area contributed by atoms with Gasteiger partial charge in [0.1, 0.15) is 17.3 Å². The van der Waals surface area contributed by atoms with Gasteiger partial charge in [0.2, 0.25) is 0 Å². The van der Waals surface area contributed by atoms with Crippen molar-refractivity contribution in [2.45, 2.75) is 20.3 Å². The fourth-order valence-corrected chi connectivity index (χ4v) is 1.43. The molecular weight excluding hydrogens is 196 g/mol. The minimum Gasteiger partial charge on any atom is -0.508 e. The number of ketones is 2. The molecule has 1 rings (SSSR count). The van der Waals surface area contributed by atoms with Gasteiger partial charge in [0.15, 0.2) is 5.78 Å². The summed E-state index contributed by atoms with van der Waals surface area (Å²) in [6.07, 6.45) is -0.237. The monoisotopic (exact) mass is 208 g/mol. The molecule has 0 aliphatic heterocycles. The maximum Gasteiger partial charge on any atom is 0.174 e. The summed E-state index contributed by atoms with van der Waals surface area (Å²) in [6.45, 7) is 2.90. The molecule has 4 heteroatoms. The lowest BCUT2D eigenvalue weighted by molar-refractivity contribution is -0.116. The molecule has 0 unspecified atom stereocenters. The van der Waals surface area contributed by atoms with E-state index in [1.807, 2.05) is 0 Å². The van der Waals surface area contributed by atoms with Gasteiger partial charge in [-0.15, -0.1) is 0 Å². The van der Waals surface area contributed by atoms with Gasteiger partial charge in [-0.1, -0.05) is 0 Å². The number of aryl methyl sites for hydroxylation is 1. The van der Waals surface area contributed by atoms with Crippen LogP contribution in [-0.4, -0.2) is 21.8 Å². The molecule has 0 aromatic heterocycles. The summed E-state index contributed by atoms with van der Waals surface area (Å²) in [6, 6.07) is 2.45. The molecule has 0 fully saturated rings. The summed E-state index contributed by atoms with van der Waals surface area (Å²) >= 11 is 0. The lowest BCUT2D eigenvalue weighted by Gasteiger charge is -2.07. The van der Waals surface area contributed by atoms with Crippen LogP contribution < -0.4 is 0 Å². The normalized spacial score (nSPS) is 10.0. The number of phenolic OH excluding ortho intramolecular Hbond substituents is 2. The molecule has 0 aliphatic rings. The Morgan fingerprint density at radius 2 is 1.87 bits per heavy atom. The number of hydrogen-bond acceptors (Lipinski definition) is 4. The van der Waals surface area contributed by atoms with Crippen molar-refractivity contribution < 1.29 is 19.8 Å². The Kier molecular flexibility index (Phi) is 3.09. The summed E-state index contributed by atoms with van der Waals surface area (Å²) in [5, 5.41) is 18.6. The van der Waals surface area contributed by atoms with Crippen LogP contribution in [0.15, 0.2) is 12.1 Å². The molecule has 0 radical (unpaired) electrons. The Bertz CT molecular complexity index is 398. The molecule has 0 atom stereocenters. The lowest BCUT2D eigenvalue weighted by Crippen LogP contribution is -2.07. The molecule has 0 heterocycles. The SMILES string of the molecule is CC(=O)CC(=O)c1c(C)cc(O)cc1O. The molecule has 4 nitrogen and oxygen atoms in total. The van der Waals surface area contributed by atoms with E-state index in [4.69, 9.17) is 5.11 Å². The number of benzene rings is 1. The third kappa shape index (κ3) is 2.56. The van der Waals surface area contributed by atoms with Crippen molar-refractivity contribution in [2.24, 2.45) is 0 Å². The van der Waals surface area contributed by atoms with Crippen LogP contribution in [0, 0.1) is 6.92 Å². The minimum absolute atomic E-state index is 0.100. The van der Waals surface area contributed by atoms with Crippen LogP contribution in [0.5, 0.6) is 11.5 Å². The zero-order chi connectivity index (χ0) is 11.6. The summed E-state index contributed by atoms with van der Waals surface area (Å²) in [4.78, 5) is 22.3. The first kappa shape index (κ1) is 11.2. The van der Waals surface area contributed by atoms with E-state index < -0.39 is 5.78 Å². The Labute approximate surface area is 87.2 Å². The van der Waals surface area contributed by atoms with Crippen LogP contribution >= 0.6 is 0 Å². The Balaban J connectivity index is 3.14. The highest BCUT2D eigenvalue weighted by atomic mass is 16.3. The maximum absolute atomic E-state index is 11.5. The van der Waals surface area contributed by atoms with Gasteiger partial charge in [-0.25, -0.2) is 0 Å². The molecule has 2 N–H and O–H groups in total. The number of rotatable bonds is 3. The quantitative estimate of drug-likeness (QED) is 0.584. The van der Waals surface area contributed by atoms with E-state index in [1.54, 1.807) is 6.92 Å². The van der Waals surface area contributed by atoms with Gasteiger partial charge >= 0.3 is 0 Å². The largest absolute Gasteiger partial charge is 0.508 e. The third-order valence-electron chi connectivity index (χ3n) is 1.99. The first-order valence-corrected chi connectivity index (χ1v) is 4.47. The van der Waals surface area contributed by atoms with E-state index in [0.29, 0.717) is 5.56 Å². The molecule has 0 saturated carbocycles. The van der Waals surface area contributed by atoms with E-state index in [2.05, 4.69) is 0 Å². The third-order valence-corrected chi connectivity index (χ3v) is 1.99. The number of phenols is 2. The molecule has 0 amide bonds. The zero-order valence-electron chi connectivity index (χ0n) is 8.57. The predicted octanol–water partition coefficient (Wildman–Crippen LogP) is 1.57. The van der Waals surface area contributed by atoms with Crippen molar-refractivity contribution >= 4 is 11.6 Å². The number of Topliss-reactive ketones (excluding diaryl/α,β-unsaturated/α-hetero) is 2. The van der Waals surface area contributed by atoms with Gasteiger partial charge in [-0.2, -0.15) is 0 Å². The Morgan fingerprint density at radius 3 is 2.33 bits per heavy atom. The van der Waals surface area contributed by atoms with Gasteiger partial charge < -0.3 is 10.2 Å². The fraction of sp³-hybridized carbons (Fsp3) is 0.273. The van der Waals surface area contributed by atoms with E-state index in [1.165, 1.54) is 13.0 Å². The summed E-state index contributed by atoms with van der Waals surface area (Å²) in [5.41, 5.74) is 0.557. The summed E-state index contributed by atoms with van der Waals surface area (Å²) < 4.78 is 0. The van der Waals surface area contributed by atoms with Crippen molar-refractivity contribution in [1.82, 2.24) is 0 Å². The number of hydrogen-bond donors (Lipinski definition) is 2. The second kappa shape index (κ2) is 4.13. The molecule has 0 saturated heterocycles. The highest BCUT2D eigenvalue weighted by Crippen LogP contribution is 2.27. The highest BCUT2D eigenvalue weighted by Gasteiger charge is 2.16. The molecule has 0 aliphatic carbocycles. The predicted molar refractivity (Wildman–Crippen MR) is 54.1 cm³/mol. The molecule has 15 heavy (non-hydrogen) atoms. The average molecular weight is 208 g/mol. The van der Waals surface area contributed by atoms with Crippen molar-refractivity contribution in [2.75, 3.05) is 0 Å². The topological polar surface area (TPSA) is 74.6 Å². The molecular formula is C11H12O4. The van der Waals surface area contributed by atoms with E-state index in [9.17, 15) is 14.7 Å². The van der Waals surface area contributed by atoms with Gasteiger partial charge in [0.25, 0.3) is 0 Å². The first-order valence-electron chi connectivity index (χ1n) is 4.47. The summed E-state index contributed by atoms with van der Waals surface area (Å²) in [7, 11) is 0. The van der Waals surface area contributed by atoms with E-state index in [-0.39, 0.29) is 29.3 Å². The zero-order valence-corrected chi connectivity index (χ0v) is 8.57. The molecule has 0 spiro atoms. The van der Waals surface area contributed by atoms with E-state index in [0.717, 1.165) is 6.07 Å². The molecule has 1 aromatic carbocycles. The van der Waals surface area contributed by atoms with Crippen molar-refractivity contribution in [3.8, 4) is 11.5 Å². The van der Waals surface area contributed by atoms with Crippen LogP contribution in [0.4, 0.5) is 0 Å². The Morgan fingerprint density at radius 1 is 1.27 bits per heavy atom. The molecule has 0 bridgehead atoms. The number of aromatic hydroxyl groups is 2. The molecule has 80 valence electrons. The fourth-order valence-electron chi connectivity index (χ4n) is 1.43. The molecule has 1 aromatic rings. The number of carbonyl (C=O) groups is 2. The maximum atomic E-state index is 11.5. The average Bonchev–Trinajstić information content (AvgIpc) is 1.99. The van der Waals surface area contributed by atoms with Crippen LogP contribution in [0.1, 0.15) is 29.3 Å². The van der Waals surface area contributed by atoms with Crippen LogP contribution in [0.3, 0.4) is 0 Å². The van der Waals surface area contributed by atoms with Gasteiger partial charge in [-0.05, 0) is 25.5 Å². The van der Waals surface area contributed by atoms with E-state index >= 15 is 0 Å². The minimum atomic E-state index is -0.433. The van der Waals surface area contributed by atoms with Gasteiger partial charge in [0, 0.05) is 6.07 Å². The first-order chi connectivity index (χ1) is 6.91. The second-order valence-corrected chi connectivity index (χ2v) is 3.46. The van der Waals surface area contributed by atoms with Crippen molar-refractivity contribution in [1.29, 1.82) is 0 Å². The smallest absolute Gasteiger partial charge is 0.174 e. The van der Waals surface area contributed by atoms with Gasteiger partial charge in [-0.3, -0.25) is 9.59 Å². The standard InChI is InChI=1S/C11H12O4/c1-6-3-8(13)5-10(15)11(6)9(14)4-7(2)12/h3,5,13,15H,4H2,1-2H3. The summed E-state index contributed by atoms with van der Waals surface area (Å²) in [5.74, 6) is -1.09. The van der Waals surface area contributed by atoms with Gasteiger partial charge in [0.05, 0.1) is 12.0 Å². The Hall–Kier alpha value is -1.84. The van der Waals surface area contributed by atoms with Crippen molar-refractivity contribution in [3.05, 3.63) is 23.3 Å². The second-order valence-electron chi connectivity index (χ2n) is 3.46. The highest BCUT2D eigenvalue weighted by molar-refractivity contribution is 6.09. The lowest BCUT2D eigenvalue weighted by atomic mass is 10.00. The van der Waals surface area contributed by atoms with Crippen LogP contribution in [0.25, 0.3) is 0 Å².